The number of amides is 1. The minimum absolute atomic E-state index is 0.0970. The summed E-state index contributed by atoms with van der Waals surface area (Å²) in [4.78, 5) is 14.6. The molecular weight excluding hydrogens is 242 g/mol. The maximum Gasteiger partial charge on any atom is 0.259 e. The summed E-state index contributed by atoms with van der Waals surface area (Å²) in [6.07, 6.45) is 6.16. The first kappa shape index (κ1) is 12.7. The fraction of sp³-hybridized carbons (Fsp3) is 0.714. The molecule has 1 aliphatic carbocycles. The zero-order valence-corrected chi connectivity index (χ0v) is 11.4. The van der Waals surface area contributed by atoms with Crippen molar-refractivity contribution in [2.75, 3.05) is 19.6 Å². The largest absolute Gasteiger partial charge is 0.361 e. The Morgan fingerprint density at radius 3 is 2.74 bits per heavy atom. The van der Waals surface area contributed by atoms with E-state index in [0.29, 0.717) is 23.3 Å². The number of hydrogen-bond donors (Lipinski definition) is 1. The number of piperidine rings is 1. The van der Waals surface area contributed by atoms with Crippen LogP contribution in [0.5, 0.6) is 0 Å². The molecule has 1 N–H and O–H groups in total. The van der Waals surface area contributed by atoms with Gasteiger partial charge < -0.3 is 14.7 Å². The highest BCUT2D eigenvalue weighted by atomic mass is 16.5. The quantitative estimate of drug-likeness (QED) is 0.896. The third-order valence-corrected chi connectivity index (χ3v) is 4.14. The lowest BCUT2D eigenvalue weighted by Gasteiger charge is -2.30. The van der Waals surface area contributed by atoms with Crippen LogP contribution in [0.4, 0.5) is 0 Å². The number of nitrogens with zero attached hydrogens (tertiary/aromatic N) is 2. The predicted octanol–water partition coefficient (Wildman–Crippen LogP) is 1.59. The van der Waals surface area contributed by atoms with Crippen LogP contribution < -0.4 is 5.32 Å². The van der Waals surface area contributed by atoms with Crippen molar-refractivity contribution >= 4 is 5.91 Å². The lowest BCUT2D eigenvalue weighted by molar-refractivity contribution is 0.0700. The number of rotatable bonds is 4. The predicted molar refractivity (Wildman–Crippen MR) is 70.9 cm³/mol. The summed E-state index contributed by atoms with van der Waals surface area (Å²) in [6, 6.07) is 0.441. The van der Waals surface area contributed by atoms with Gasteiger partial charge in [-0.1, -0.05) is 5.16 Å². The zero-order chi connectivity index (χ0) is 13.2. The first-order valence-electron chi connectivity index (χ1n) is 7.18. The van der Waals surface area contributed by atoms with Gasteiger partial charge in [-0.05, 0) is 51.6 Å². The molecular formula is C14H21N3O2. The molecule has 0 spiro atoms. The van der Waals surface area contributed by atoms with Crippen LogP contribution in [0.15, 0.2) is 10.7 Å². The standard InChI is InChI=1S/C14H21N3O2/c1-10-13(8-16-19-10)14(18)17(12-2-3-12)9-11-4-6-15-7-5-11/h8,11-12,15H,2-7,9H2,1H3. The van der Waals surface area contributed by atoms with Gasteiger partial charge in [0.1, 0.15) is 11.3 Å². The molecule has 1 aromatic heterocycles. The molecule has 0 atom stereocenters. The lowest BCUT2D eigenvalue weighted by Crippen LogP contribution is -2.40. The van der Waals surface area contributed by atoms with Gasteiger partial charge in [-0.3, -0.25) is 4.79 Å². The van der Waals surface area contributed by atoms with Crippen LogP contribution in [-0.2, 0) is 0 Å². The van der Waals surface area contributed by atoms with Crippen molar-refractivity contribution in [1.82, 2.24) is 15.4 Å². The number of aromatic nitrogens is 1. The Kier molecular flexibility index (Phi) is 3.55. The van der Waals surface area contributed by atoms with Crippen molar-refractivity contribution in [3.05, 3.63) is 17.5 Å². The van der Waals surface area contributed by atoms with Crippen molar-refractivity contribution in [2.24, 2.45) is 5.92 Å². The normalized spacial score (nSPS) is 20.5. The number of hydrogen-bond acceptors (Lipinski definition) is 4. The van der Waals surface area contributed by atoms with Gasteiger partial charge in [-0.15, -0.1) is 0 Å². The van der Waals surface area contributed by atoms with Gasteiger partial charge in [0, 0.05) is 12.6 Å². The Labute approximate surface area is 113 Å². The van der Waals surface area contributed by atoms with Gasteiger partial charge in [0.15, 0.2) is 0 Å². The van der Waals surface area contributed by atoms with Gasteiger partial charge in [-0.25, -0.2) is 0 Å². The third kappa shape index (κ3) is 2.81. The molecule has 1 aromatic rings. The van der Waals surface area contributed by atoms with Crippen LogP contribution in [-0.4, -0.2) is 41.6 Å². The van der Waals surface area contributed by atoms with E-state index in [1.165, 1.54) is 12.8 Å². The Hall–Kier alpha value is -1.36. The summed E-state index contributed by atoms with van der Waals surface area (Å²) < 4.78 is 5.02. The number of carbonyl (C=O) groups is 1. The third-order valence-electron chi connectivity index (χ3n) is 4.14. The fourth-order valence-electron chi connectivity index (χ4n) is 2.79. The van der Waals surface area contributed by atoms with E-state index in [1.807, 2.05) is 0 Å². The van der Waals surface area contributed by atoms with E-state index in [9.17, 15) is 4.79 Å². The van der Waals surface area contributed by atoms with E-state index >= 15 is 0 Å². The molecule has 1 amide bonds. The minimum atomic E-state index is 0.0970. The van der Waals surface area contributed by atoms with Crippen LogP contribution in [0.3, 0.4) is 0 Å². The molecule has 2 fully saturated rings. The van der Waals surface area contributed by atoms with Crippen molar-refractivity contribution in [3.8, 4) is 0 Å². The zero-order valence-electron chi connectivity index (χ0n) is 11.4. The van der Waals surface area contributed by atoms with Crippen LogP contribution in [0.25, 0.3) is 0 Å². The van der Waals surface area contributed by atoms with E-state index in [-0.39, 0.29) is 5.91 Å². The molecule has 104 valence electrons. The Morgan fingerprint density at radius 2 is 2.16 bits per heavy atom. The SMILES string of the molecule is Cc1oncc1C(=O)N(CC1CCNCC1)C1CC1. The van der Waals surface area contributed by atoms with Gasteiger partial charge in [0.05, 0.1) is 6.20 Å². The molecule has 2 aliphatic rings. The van der Waals surface area contributed by atoms with Crippen LogP contribution in [0.1, 0.15) is 41.8 Å². The summed E-state index contributed by atoms with van der Waals surface area (Å²) in [5, 5.41) is 7.09. The van der Waals surface area contributed by atoms with Crippen LogP contribution in [0, 0.1) is 12.8 Å². The summed E-state index contributed by atoms with van der Waals surface area (Å²) in [5.41, 5.74) is 0.626. The highest BCUT2D eigenvalue weighted by molar-refractivity contribution is 5.95. The Morgan fingerprint density at radius 1 is 1.42 bits per heavy atom. The second-order valence-electron chi connectivity index (χ2n) is 5.68. The van der Waals surface area contributed by atoms with E-state index < -0.39 is 0 Å². The van der Waals surface area contributed by atoms with Gasteiger partial charge in [0.2, 0.25) is 0 Å². The molecule has 1 saturated heterocycles. The Balaban J connectivity index is 1.70. The first-order chi connectivity index (χ1) is 9.25. The smallest absolute Gasteiger partial charge is 0.259 e. The average molecular weight is 263 g/mol. The fourth-order valence-corrected chi connectivity index (χ4v) is 2.79. The van der Waals surface area contributed by atoms with Crippen LogP contribution >= 0.6 is 0 Å². The molecule has 1 saturated carbocycles. The molecule has 0 bridgehead atoms. The van der Waals surface area contributed by atoms with Crippen molar-refractivity contribution < 1.29 is 9.32 Å². The average Bonchev–Trinajstić information content (AvgIpc) is 3.18. The number of nitrogens with one attached hydrogen (secondary N) is 1. The van der Waals surface area contributed by atoms with Gasteiger partial charge in [-0.2, -0.15) is 0 Å². The number of carbonyl (C=O) groups excluding carboxylic acids is 1. The topological polar surface area (TPSA) is 58.4 Å². The minimum Gasteiger partial charge on any atom is -0.361 e. The Bertz CT molecular complexity index is 447. The second kappa shape index (κ2) is 5.33. The van der Waals surface area contributed by atoms with Gasteiger partial charge >= 0.3 is 0 Å². The number of aryl methyl sites for hydroxylation is 1. The summed E-state index contributed by atoms with van der Waals surface area (Å²) in [6.45, 7) is 4.83. The monoisotopic (exact) mass is 263 g/mol. The molecule has 0 radical (unpaired) electrons. The first-order valence-corrected chi connectivity index (χ1v) is 7.18. The molecule has 3 rings (SSSR count). The molecule has 5 nitrogen and oxygen atoms in total. The summed E-state index contributed by atoms with van der Waals surface area (Å²) in [5.74, 6) is 1.35. The maximum atomic E-state index is 12.6. The van der Waals surface area contributed by atoms with E-state index in [0.717, 1.165) is 32.5 Å². The molecule has 0 aromatic carbocycles. The second-order valence-corrected chi connectivity index (χ2v) is 5.68. The molecule has 19 heavy (non-hydrogen) atoms. The summed E-state index contributed by atoms with van der Waals surface area (Å²) >= 11 is 0. The van der Waals surface area contributed by atoms with E-state index in [2.05, 4.69) is 15.4 Å². The van der Waals surface area contributed by atoms with Gasteiger partial charge in [0.25, 0.3) is 5.91 Å². The highest BCUT2D eigenvalue weighted by Crippen LogP contribution is 2.30. The van der Waals surface area contributed by atoms with Crippen LogP contribution in [0.2, 0.25) is 0 Å². The lowest BCUT2D eigenvalue weighted by atomic mass is 9.97. The molecule has 1 aliphatic heterocycles. The van der Waals surface area contributed by atoms with Crippen molar-refractivity contribution in [3.63, 3.8) is 0 Å². The molecule has 5 heteroatoms. The van der Waals surface area contributed by atoms with Crippen molar-refractivity contribution in [2.45, 2.75) is 38.6 Å². The maximum absolute atomic E-state index is 12.6. The van der Waals surface area contributed by atoms with E-state index in [1.54, 1.807) is 13.1 Å². The molecule has 2 heterocycles. The molecule has 0 unspecified atom stereocenters. The van der Waals surface area contributed by atoms with E-state index in [4.69, 9.17) is 4.52 Å². The van der Waals surface area contributed by atoms with Crippen molar-refractivity contribution in [1.29, 1.82) is 0 Å². The highest BCUT2D eigenvalue weighted by Gasteiger charge is 2.35. The summed E-state index contributed by atoms with van der Waals surface area (Å²) in [7, 11) is 0.